The van der Waals surface area contributed by atoms with E-state index in [1.165, 1.54) is 6.21 Å². The third-order valence-electron chi connectivity index (χ3n) is 5.83. The van der Waals surface area contributed by atoms with E-state index in [1.54, 1.807) is 6.07 Å². The van der Waals surface area contributed by atoms with E-state index in [2.05, 4.69) is 43.1 Å². The second-order valence-corrected chi connectivity index (χ2v) is 8.78. The Hall–Kier alpha value is -2.69. The number of fused-ring (bicyclic) bond motifs is 1. The lowest BCUT2D eigenvalue weighted by atomic mass is 9.79. The molecule has 1 atom stereocenters. The number of aryl methyl sites for hydroxylation is 1. The van der Waals surface area contributed by atoms with Gasteiger partial charge in [-0.3, -0.25) is 4.79 Å². The minimum absolute atomic E-state index is 0.00278. The Morgan fingerprint density at radius 1 is 1.30 bits per heavy atom. The molecule has 1 N–H and O–H groups in total. The van der Waals surface area contributed by atoms with E-state index in [1.807, 2.05) is 36.4 Å². The van der Waals surface area contributed by atoms with Gasteiger partial charge < -0.3 is 4.90 Å². The maximum absolute atomic E-state index is 14.8. The van der Waals surface area contributed by atoms with Gasteiger partial charge in [0.2, 0.25) is 5.91 Å². The van der Waals surface area contributed by atoms with Crippen molar-refractivity contribution in [3.63, 3.8) is 0 Å². The van der Waals surface area contributed by atoms with Gasteiger partial charge in [-0.05, 0) is 62.3 Å². The highest BCUT2D eigenvalue weighted by Gasteiger charge is 2.36. The first-order valence-corrected chi connectivity index (χ1v) is 10.8. The number of carbonyl (C=O) groups excluding carboxylic acids is 1. The van der Waals surface area contributed by atoms with Crippen LogP contribution in [-0.2, 0) is 11.2 Å². The third-order valence-corrected chi connectivity index (χ3v) is 5.83. The van der Waals surface area contributed by atoms with Gasteiger partial charge >= 0.3 is 0 Å². The molecule has 0 aromatic heterocycles. The topological polar surface area (TPSA) is 44.7 Å². The predicted octanol–water partition coefficient (Wildman–Crippen LogP) is 5.41. The molecule has 2 aromatic rings. The summed E-state index contributed by atoms with van der Waals surface area (Å²) in [7, 11) is 0. The van der Waals surface area contributed by atoms with Crippen molar-refractivity contribution in [1.82, 2.24) is 5.43 Å². The van der Waals surface area contributed by atoms with Gasteiger partial charge in [-0.2, -0.15) is 5.10 Å². The summed E-state index contributed by atoms with van der Waals surface area (Å²) in [5.74, 6) is -0.170. The highest BCUT2D eigenvalue weighted by Crippen LogP contribution is 2.44. The van der Waals surface area contributed by atoms with Crippen LogP contribution in [0.4, 0.5) is 10.1 Å². The zero-order valence-electron chi connectivity index (χ0n) is 18.4. The van der Waals surface area contributed by atoms with Crippen molar-refractivity contribution in [3.8, 4) is 0 Å². The standard InChI is InChI=1S/C25H32FN3O/c1-5-13-29-23-15-22(26)20(14-21(23)18(2)16-25(29,3)4)17-27-28-24(30)12-11-19-9-7-6-8-10-19/h6-10,14-15,17-18H,5,11-13,16H2,1-4H3,(H,28,30)/b27-17+. The molecule has 2 aromatic carbocycles. The minimum Gasteiger partial charge on any atom is -0.366 e. The number of hydrogen-bond acceptors (Lipinski definition) is 3. The molecule has 30 heavy (non-hydrogen) atoms. The van der Waals surface area contributed by atoms with Crippen LogP contribution >= 0.6 is 0 Å². The lowest BCUT2D eigenvalue weighted by Crippen LogP contribution is -2.48. The molecule has 1 aliphatic rings. The van der Waals surface area contributed by atoms with Crippen molar-refractivity contribution < 1.29 is 9.18 Å². The van der Waals surface area contributed by atoms with Crippen molar-refractivity contribution in [2.75, 3.05) is 11.4 Å². The molecule has 0 radical (unpaired) electrons. The van der Waals surface area contributed by atoms with Gasteiger partial charge in [-0.15, -0.1) is 0 Å². The monoisotopic (exact) mass is 409 g/mol. The van der Waals surface area contributed by atoms with E-state index < -0.39 is 0 Å². The smallest absolute Gasteiger partial charge is 0.240 e. The molecule has 0 fully saturated rings. The van der Waals surface area contributed by atoms with E-state index in [4.69, 9.17) is 0 Å². The van der Waals surface area contributed by atoms with Crippen LogP contribution in [0, 0.1) is 5.82 Å². The molecule has 0 aliphatic carbocycles. The Morgan fingerprint density at radius 3 is 2.73 bits per heavy atom. The highest BCUT2D eigenvalue weighted by atomic mass is 19.1. The van der Waals surface area contributed by atoms with Crippen molar-refractivity contribution >= 4 is 17.8 Å². The molecule has 5 heteroatoms. The quantitative estimate of drug-likeness (QED) is 0.491. The van der Waals surface area contributed by atoms with E-state index in [0.29, 0.717) is 24.3 Å². The first kappa shape index (κ1) is 22.0. The number of anilines is 1. The fraction of sp³-hybridized carbons (Fsp3) is 0.440. The Morgan fingerprint density at radius 2 is 2.03 bits per heavy atom. The maximum atomic E-state index is 14.8. The van der Waals surface area contributed by atoms with Gasteiger partial charge in [-0.1, -0.05) is 44.2 Å². The molecule has 3 rings (SSSR count). The van der Waals surface area contributed by atoms with Crippen LogP contribution in [0.5, 0.6) is 0 Å². The molecule has 0 bridgehead atoms. The van der Waals surface area contributed by atoms with Crippen molar-refractivity contribution in [1.29, 1.82) is 0 Å². The normalized spacial score (nSPS) is 17.8. The molecular weight excluding hydrogens is 377 g/mol. The number of hydrogen-bond donors (Lipinski definition) is 1. The molecule has 1 amide bonds. The number of rotatable bonds is 7. The number of hydrazone groups is 1. The Bertz CT molecular complexity index is 908. The predicted molar refractivity (Wildman–Crippen MR) is 122 cm³/mol. The Balaban J connectivity index is 1.70. The lowest BCUT2D eigenvalue weighted by molar-refractivity contribution is -0.121. The number of carbonyl (C=O) groups is 1. The molecule has 0 saturated heterocycles. The van der Waals surface area contributed by atoms with E-state index in [-0.39, 0.29) is 17.3 Å². The number of halogens is 1. The molecule has 0 spiro atoms. The van der Waals surface area contributed by atoms with Gasteiger partial charge in [0.15, 0.2) is 0 Å². The Labute approximate surface area is 179 Å². The van der Waals surface area contributed by atoms with Crippen LogP contribution < -0.4 is 10.3 Å². The summed E-state index contributed by atoms with van der Waals surface area (Å²) in [6.07, 6.45) is 4.42. The maximum Gasteiger partial charge on any atom is 0.240 e. The molecule has 1 heterocycles. The molecule has 4 nitrogen and oxygen atoms in total. The summed E-state index contributed by atoms with van der Waals surface area (Å²) in [6.45, 7) is 9.68. The summed E-state index contributed by atoms with van der Waals surface area (Å²) >= 11 is 0. The second kappa shape index (κ2) is 9.41. The number of benzene rings is 2. The van der Waals surface area contributed by atoms with E-state index >= 15 is 0 Å². The van der Waals surface area contributed by atoms with E-state index in [0.717, 1.165) is 36.2 Å². The summed E-state index contributed by atoms with van der Waals surface area (Å²) in [4.78, 5) is 14.4. The zero-order valence-corrected chi connectivity index (χ0v) is 18.4. The van der Waals surface area contributed by atoms with Gasteiger partial charge in [0, 0.05) is 29.8 Å². The van der Waals surface area contributed by atoms with Gasteiger partial charge in [0.1, 0.15) is 5.82 Å². The van der Waals surface area contributed by atoms with Gasteiger partial charge in [0.05, 0.1) is 6.21 Å². The summed E-state index contributed by atoms with van der Waals surface area (Å²) in [5, 5.41) is 3.99. The van der Waals surface area contributed by atoms with Gasteiger partial charge in [-0.25, -0.2) is 9.82 Å². The van der Waals surface area contributed by atoms with Crippen molar-refractivity contribution in [2.45, 2.75) is 64.8 Å². The summed E-state index contributed by atoms with van der Waals surface area (Å²) in [6, 6.07) is 13.3. The number of nitrogens with zero attached hydrogens (tertiary/aromatic N) is 2. The second-order valence-electron chi connectivity index (χ2n) is 8.78. The van der Waals surface area contributed by atoms with Crippen molar-refractivity contribution in [3.05, 3.63) is 65.0 Å². The molecule has 160 valence electrons. The van der Waals surface area contributed by atoms with E-state index in [9.17, 15) is 9.18 Å². The first-order chi connectivity index (χ1) is 14.3. The average Bonchev–Trinajstić information content (AvgIpc) is 2.71. The minimum atomic E-state index is -0.318. The lowest BCUT2D eigenvalue weighted by Gasteiger charge is -2.47. The summed E-state index contributed by atoms with van der Waals surface area (Å²) < 4.78 is 14.8. The Kier molecular flexibility index (Phi) is 6.91. The van der Waals surface area contributed by atoms with Crippen molar-refractivity contribution in [2.24, 2.45) is 5.10 Å². The summed E-state index contributed by atoms with van der Waals surface area (Å²) in [5.41, 5.74) is 6.13. The number of nitrogens with one attached hydrogen (secondary N) is 1. The largest absolute Gasteiger partial charge is 0.366 e. The van der Waals surface area contributed by atoms with Crippen LogP contribution in [0.3, 0.4) is 0 Å². The SMILES string of the molecule is CCCN1c2cc(F)c(/C=N/NC(=O)CCc3ccccc3)cc2C(C)CC1(C)C. The first-order valence-electron chi connectivity index (χ1n) is 10.8. The number of amides is 1. The third kappa shape index (κ3) is 5.07. The fourth-order valence-corrected chi connectivity index (χ4v) is 4.40. The van der Waals surface area contributed by atoms with Crippen LogP contribution in [0.1, 0.15) is 69.6 Å². The molecule has 1 aliphatic heterocycles. The highest BCUT2D eigenvalue weighted by molar-refractivity contribution is 5.84. The van der Waals surface area contributed by atoms with Crippen LogP contribution in [0.2, 0.25) is 0 Å². The molecular formula is C25H32FN3O. The van der Waals surface area contributed by atoms with Crippen LogP contribution in [-0.4, -0.2) is 24.2 Å². The molecule has 1 unspecified atom stereocenters. The zero-order chi connectivity index (χ0) is 21.7. The van der Waals surface area contributed by atoms with Gasteiger partial charge in [0.25, 0.3) is 0 Å². The fourth-order valence-electron chi connectivity index (χ4n) is 4.40. The van der Waals surface area contributed by atoms with Crippen LogP contribution in [0.15, 0.2) is 47.6 Å². The molecule has 0 saturated carbocycles. The average molecular weight is 410 g/mol. The van der Waals surface area contributed by atoms with Crippen LogP contribution in [0.25, 0.3) is 0 Å².